The van der Waals surface area contributed by atoms with E-state index in [0.717, 1.165) is 19.3 Å². The summed E-state index contributed by atoms with van der Waals surface area (Å²) in [5.74, 6) is 0.885. The number of Topliss-reactive ketones (excluding diaryl/α,β-unsaturated/α-hetero) is 1. The molecule has 3 aliphatic carbocycles. The van der Waals surface area contributed by atoms with E-state index >= 15 is 0 Å². The summed E-state index contributed by atoms with van der Waals surface area (Å²) in [4.78, 5) is 11.7. The molecule has 0 aromatic carbocycles. The van der Waals surface area contributed by atoms with Crippen molar-refractivity contribution in [3.05, 3.63) is 11.6 Å². The van der Waals surface area contributed by atoms with Gasteiger partial charge in [0.2, 0.25) is 0 Å². The molecule has 0 N–H and O–H groups in total. The van der Waals surface area contributed by atoms with E-state index in [4.69, 9.17) is 0 Å². The maximum atomic E-state index is 11.7. The highest BCUT2D eigenvalue weighted by atomic mass is 16.1. The second-order valence-corrected chi connectivity index (χ2v) is 4.89. The summed E-state index contributed by atoms with van der Waals surface area (Å²) in [6, 6.07) is 0. The second-order valence-electron chi connectivity index (χ2n) is 4.89. The largest absolute Gasteiger partial charge is 0.299 e. The summed E-state index contributed by atoms with van der Waals surface area (Å²) >= 11 is 0. The van der Waals surface area contributed by atoms with Crippen molar-refractivity contribution in [2.24, 2.45) is 11.3 Å². The predicted molar refractivity (Wildman–Crippen MR) is 51.3 cm³/mol. The Morgan fingerprint density at radius 1 is 1.31 bits per heavy atom. The first-order valence-corrected chi connectivity index (χ1v) is 5.55. The van der Waals surface area contributed by atoms with Gasteiger partial charge in [0.15, 0.2) is 0 Å². The third kappa shape index (κ3) is 0.905. The molecule has 2 bridgehead atoms. The number of allylic oxidation sites excluding steroid dienone is 2. The molecule has 1 heteroatoms. The summed E-state index contributed by atoms with van der Waals surface area (Å²) in [7, 11) is 0. The van der Waals surface area contributed by atoms with Gasteiger partial charge in [0, 0.05) is 12.3 Å². The van der Waals surface area contributed by atoms with E-state index in [1.54, 1.807) is 5.57 Å². The molecule has 70 valence electrons. The molecule has 2 fully saturated rings. The molecule has 0 amide bonds. The number of rotatable bonds is 0. The topological polar surface area (TPSA) is 17.1 Å². The first kappa shape index (κ1) is 7.78. The number of hydrogen-bond donors (Lipinski definition) is 0. The SMILES string of the molecule is O=C1CCC23CCCC=C2C1CC3. The molecular weight excluding hydrogens is 160 g/mol. The Bertz CT molecular complexity index is 289. The van der Waals surface area contributed by atoms with Gasteiger partial charge in [0.05, 0.1) is 0 Å². The summed E-state index contributed by atoms with van der Waals surface area (Å²) in [5.41, 5.74) is 2.06. The van der Waals surface area contributed by atoms with Gasteiger partial charge in [-0.05, 0) is 43.9 Å². The van der Waals surface area contributed by atoms with Crippen LogP contribution in [0, 0.1) is 11.3 Å². The van der Waals surface area contributed by atoms with Crippen LogP contribution in [0.2, 0.25) is 0 Å². The summed E-state index contributed by atoms with van der Waals surface area (Å²) < 4.78 is 0. The summed E-state index contributed by atoms with van der Waals surface area (Å²) in [6.07, 6.45) is 10.8. The van der Waals surface area contributed by atoms with Gasteiger partial charge in [0.1, 0.15) is 5.78 Å². The minimum absolute atomic E-state index is 0.356. The van der Waals surface area contributed by atoms with Crippen LogP contribution < -0.4 is 0 Å². The summed E-state index contributed by atoms with van der Waals surface area (Å²) in [6.45, 7) is 0. The van der Waals surface area contributed by atoms with E-state index in [1.807, 2.05) is 0 Å². The average Bonchev–Trinajstić information content (AvgIpc) is 2.47. The lowest BCUT2D eigenvalue weighted by atomic mass is 9.66. The third-order valence-corrected chi connectivity index (χ3v) is 4.36. The maximum Gasteiger partial charge on any atom is 0.140 e. The van der Waals surface area contributed by atoms with Crippen molar-refractivity contribution in [3.8, 4) is 0 Å². The normalized spacial score (nSPS) is 42.9. The van der Waals surface area contributed by atoms with E-state index in [9.17, 15) is 4.79 Å². The molecule has 0 spiro atoms. The molecule has 2 saturated carbocycles. The van der Waals surface area contributed by atoms with Gasteiger partial charge in [-0.25, -0.2) is 0 Å². The van der Waals surface area contributed by atoms with Gasteiger partial charge in [-0.2, -0.15) is 0 Å². The highest BCUT2D eigenvalue weighted by Gasteiger charge is 2.49. The van der Waals surface area contributed by atoms with Crippen molar-refractivity contribution in [2.75, 3.05) is 0 Å². The van der Waals surface area contributed by atoms with Crippen LogP contribution in [0.15, 0.2) is 11.6 Å². The molecule has 0 heterocycles. The lowest BCUT2D eigenvalue weighted by Crippen LogP contribution is -2.31. The highest BCUT2D eigenvalue weighted by Crippen LogP contribution is 2.58. The van der Waals surface area contributed by atoms with Gasteiger partial charge >= 0.3 is 0 Å². The van der Waals surface area contributed by atoms with E-state index in [2.05, 4.69) is 6.08 Å². The number of hydrogen-bond acceptors (Lipinski definition) is 1. The van der Waals surface area contributed by atoms with Crippen LogP contribution in [0.1, 0.15) is 44.9 Å². The maximum absolute atomic E-state index is 11.7. The van der Waals surface area contributed by atoms with Crippen molar-refractivity contribution in [1.29, 1.82) is 0 Å². The Labute approximate surface area is 79.2 Å². The molecule has 0 aromatic rings. The number of carbonyl (C=O) groups excluding carboxylic acids is 1. The lowest BCUT2D eigenvalue weighted by molar-refractivity contribution is -0.123. The van der Waals surface area contributed by atoms with E-state index in [0.29, 0.717) is 17.1 Å². The first-order valence-electron chi connectivity index (χ1n) is 5.55. The van der Waals surface area contributed by atoms with Crippen LogP contribution in [0.4, 0.5) is 0 Å². The molecular formula is C12H16O. The first-order chi connectivity index (χ1) is 6.32. The molecule has 0 saturated heterocycles. The fourth-order valence-corrected chi connectivity index (χ4v) is 3.68. The average molecular weight is 176 g/mol. The standard InChI is InChI=1S/C12H16O/c13-11-5-8-12-6-2-1-3-10(12)9(11)4-7-12/h3,9H,1-2,4-8H2. The van der Waals surface area contributed by atoms with Gasteiger partial charge in [-0.15, -0.1) is 0 Å². The van der Waals surface area contributed by atoms with Gasteiger partial charge in [-0.3, -0.25) is 4.79 Å². The van der Waals surface area contributed by atoms with Crippen molar-refractivity contribution >= 4 is 5.78 Å². The van der Waals surface area contributed by atoms with Gasteiger partial charge in [-0.1, -0.05) is 11.6 Å². The zero-order valence-electron chi connectivity index (χ0n) is 8.01. The summed E-state index contributed by atoms with van der Waals surface area (Å²) in [5, 5.41) is 0. The van der Waals surface area contributed by atoms with Crippen LogP contribution >= 0.6 is 0 Å². The highest BCUT2D eigenvalue weighted by molar-refractivity contribution is 5.86. The molecule has 2 atom stereocenters. The molecule has 2 unspecified atom stereocenters. The number of ketones is 1. The van der Waals surface area contributed by atoms with Crippen molar-refractivity contribution < 1.29 is 4.79 Å². The van der Waals surface area contributed by atoms with Crippen LogP contribution in [-0.4, -0.2) is 5.78 Å². The molecule has 0 radical (unpaired) electrons. The van der Waals surface area contributed by atoms with Crippen LogP contribution in [0.3, 0.4) is 0 Å². The molecule has 1 nitrogen and oxygen atoms in total. The molecule has 0 aromatic heterocycles. The smallest absolute Gasteiger partial charge is 0.140 e. The van der Waals surface area contributed by atoms with Crippen LogP contribution in [0.5, 0.6) is 0 Å². The minimum Gasteiger partial charge on any atom is -0.299 e. The van der Waals surface area contributed by atoms with Gasteiger partial charge < -0.3 is 0 Å². The predicted octanol–water partition coefficient (Wildman–Crippen LogP) is 2.86. The van der Waals surface area contributed by atoms with Crippen molar-refractivity contribution in [3.63, 3.8) is 0 Å². The fraction of sp³-hybridized carbons (Fsp3) is 0.750. The van der Waals surface area contributed by atoms with Crippen molar-refractivity contribution in [1.82, 2.24) is 0 Å². The quantitative estimate of drug-likeness (QED) is 0.519. The zero-order valence-corrected chi connectivity index (χ0v) is 8.01. The monoisotopic (exact) mass is 176 g/mol. The number of carbonyl (C=O) groups is 1. The molecule has 0 aliphatic heterocycles. The molecule has 13 heavy (non-hydrogen) atoms. The second kappa shape index (κ2) is 2.46. The van der Waals surface area contributed by atoms with E-state index in [1.165, 1.54) is 25.7 Å². The molecule has 3 aliphatic rings. The van der Waals surface area contributed by atoms with E-state index in [-0.39, 0.29) is 0 Å². The zero-order chi connectivity index (χ0) is 8.89. The lowest BCUT2D eigenvalue weighted by Gasteiger charge is -2.38. The third-order valence-electron chi connectivity index (χ3n) is 4.36. The Morgan fingerprint density at radius 2 is 2.23 bits per heavy atom. The Hall–Kier alpha value is -0.590. The molecule has 3 rings (SSSR count). The van der Waals surface area contributed by atoms with Crippen LogP contribution in [0.25, 0.3) is 0 Å². The van der Waals surface area contributed by atoms with E-state index < -0.39 is 0 Å². The van der Waals surface area contributed by atoms with Crippen LogP contribution in [-0.2, 0) is 4.79 Å². The van der Waals surface area contributed by atoms with Crippen molar-refractivity contribution in [2.45, 2.75) is 44.9 Å². The minimum atomic E-state index is 0.356. The van der Waals surface area contributed by atoms with Gasteiger partial charge in [0.25, 0.3) is 0 Å². The fourth-order valence-electron chi connectivity index (χ4n) is 3.68. The Kier molecular flexibility index (Phi) is 1.47. The Balaban J connectivity index is 2.07. The Morgan fingerprint density at radius 3 is 3.15 bits per heavy atom.